The summed E-state index contributed by atoms with van der Waals surface area (Å²) in [5.74, 6) is -0.670. The second-order valence-corrected chi connectivity index (χ2v) is 5.87. The number of carbonyl (C=O) groups is 1. The Hall–Kier alpha value is -1.16. The topological polar surface area (TPSA) is 80.0 Å². The quantitative estimate of drug-likeness (QED) is 0.670. The fourth-order valence-corrected chi connectivity index (χ4v) is 2.48. The Morgan fingerprint density at radius 1 is 1.45 bits per heavy atom. The van der Waals surface area contributed by atoms with Crippen molar-refractivity contribution in [1.29, 1.82) is 0 Å². The molecule has 4 N–H and O–H groups in total. The van der Waals surface area contributed by atoms with Gasteiger partial charge in [-0.3, -0.25) is 4.79 Å². The van der Waals surface area contributed by atoms with Crippen LogP contribution in [0.5, 0.6) is 0 Å². The van der Waals surface area contributed by atoms with E-state index in [4.69, 9.17) is 5.73 Å². The largest absolute Gasteiger partial charge is 0.441 e. The molecule has 0 bridgehead atoms. The summed E-state index contributed by atoms with van der Waals surface area (Å²) in [6.45, 7) is 2.60. The van der Waals surface area contributed by atoms with E-state index in [1.807, 2.05) is 6.92 Å². The highest BCUT2D eigenvalue weighted by Crippen LogP contribution is 2.29. The molecule has 0 aliphatic carbocycles. The van der Waals surface area contributed by atoms with Crippen molar-refractivity contribution in [2.24, 2.45) is 0 Å². The van der Waals surface area contributed by atoms with Gasteiger partial charge >= 0.3 is 5.51 Å². The van der Waals surface area contributed by atoms with Crippen LogP contribution in [0.25, 0.3) is 0 Å². The van der Waals surface area contributed by atoms with Crippen LogP contribution in [0.2, 0.25) is 0 Å². The zero-order chi connectivity index (χ0) is 15.2. The summed E-state index contributed by atoms with van der Waals surface area (Å²) in [5.41, 5.74) is 1.31. The number of thiazole rings is 1. The number of nitrogens with two attached hydrogens (primary N) is 1. The third kappa shape index (κ3) is 5.87. The lowest BCUT2D eigenvalue weighted by atomic mass is 10.4. The van der Waals surface area contributed by atoms with E-state index in [2.05, 4.69) is 15.6 Å². The van der Waals surface area contributed by atoms with Crippen molar-refractivity contribution in [3.8, 4) is 0 Å². The van der Waals surface area contributed by atoms with Crippen LogP contribution in [0.1, 0.15) is 23.0 Å². The van der Waals surface area contributed by atoms with Gasteiger partial charge in [0.1, 0.15) is 10.7 Å². The van der Waals surface area contributed by atoms with Crippen molar-refractivity contribution >= 4 is 40.0 Å². The van der Waals surface area contributed by atoms with Gasteiger partial charge in [-0.1, -0.05) is 18.3 Å². The molecule has 0 saturated heterocycles. The highest BCUT2D eigenvalue weighted by molar-refractivity contribution is 8.00. The standard InChI is InChI=1S/C10H15F3N4OS2/c1-2-3-16-9-17-7(14)6(20-9)8(18)15-4-5-19-10(11,12)13/h2-5,14H2,1H3,(H,15,18)(H,16,17). The number of hydrogen-bond donors (Lipinski definition) is 3. The molecule has 0 unspecified atom stereocenters. The Balaban J connectivity index is 2.45. The Labute approximate surface area is 122 Å². The number of carbonyl (C=O) groups excluding carboxylic acids is 1. The second kappa shape index (κ2) is 7.58. The molecule has 1 aromatic heterocycles. The molecule has 0 aromatic carbocycles. The molecule has 0 atom stereocenters. The van der Waals surface area contributed by atoms with E-state index in [0.717, 1.165) is 17.8 Å². The third-order valence-corrected chi connectivity index (χ3v) is 3.80. The van der Waals surface area contributed by atoms with Crippen LogP contribution in [-0.4, -0.2) is 35.2 Å². The minimum atomic E-state index is -4.29. The predicted molar refractivity (Wildman–Crippen MR) is 76.2 cm³/mol. The van der Waals surface area contributed by atoms with Crippen molar-refractivity contribution in [1.82, 2.24) is 10.3 Å². The molecular weight excluding hydrogens is 313 g/mol. The maximum atomic E-state index is 11.9. The smallest absolute Gasteiger partial charge is 0.382 e. The molecule has 0 spiro atoms. The number of hydrogen-bond acceptors (Lipinski definition) is 6. The van der Waals surface area contributed by atoms with Crippen LogP contribution in [0.3, 0.4) is 0 Å². The van der Waals surface area contributed by atoms with Crippen LogP contribution in [0.4, 0.5) is 24.1 Å². The van der Waals surface area contributed by atoms with Gasteiger partial charge in [-0.15, -0.1) is 0 Å². The van der Waals surface area contributed by atoms with Crippen LogP contribution < -0.4 is 16.4 Å². The first-order valence-corrected chi connectivity index (χ1v) is 7.62. The molecule has 20 heavy (non-hydrogen) atoms. The fraction of sp³-hybridized carbons (Fsp3) is 0.600. The van der Waals surface area contributed by atoms with E-state index in [0.29, 0.717) is 11.7 Å². The van der Waals surface area contributed by atoms with Crippen molar-refractivity contribution in [3.05, 3.63) is 4.88 Å². The highest BCUT2D eigenvalue weighted by atomic mass is 32.2. The average molecular weight is 328 g/mol. The van der Waals surface area contributed by atoms with Gasteiger partial charge in [0, 0.05) is 18.8 Å². The fourth-order valence-electron chi connectivity index (χ4n) is 1.21. The summed E-state index contributed by atoms with van der Waals surface area (Å²) in [6, 6.07) is 0. The number of anilines is 2. The van der Waals surface area contributed by atoms with Crippen molar-refractivity contribution in [2.45, 2.75) is 18.9 Å². The predicted octanol–water partition coefficient (Wildman–Crippen LogP) is 2.53. The molecule has 0 aliphatic rings. The molecule has 1 rings (SSSR count). The number of halogens is 3. The van der Waals surface area contributed by atoms with Crippen LogP contribution in [-0.2, 0) is 0 Å². The third-order valence-electron chi connectivity index (χ3n) is 2.04. The Morgan fingerprint density at radius 3 is 2.75 bits per heavy atom. The van der Waals surface area contributed by atoms with Crippen molar-refractivity contribution < 1.29 is 18.0 Å². The Kier molecular flexibility index (Phi) is 6.40. The van der Waals surface area contributed by atoms with E-state index < -0.39 is 11.4 Å². The minimum absolute atomic E-state index is 0.0783. The monoisotopic (exact) mass is 328 g/mol. The first kappa shape index (κ1) is 16.9. The molecule has 5 nitrogen and oxygen atoms in total. The van der Waals surface area contributed by atoms with Crippen molar-refractivity contribution in [3.63, 3.8) is 0 Å². The maximum Gasteiger partial charge on any atom is 0.441 e. The molecule has 1 heterocycles. The minimum Gasteiger partial charge on any atom is -0.382 e. The van der Waals surface area contributed by atoms with Gasteiger partial charge in [-0.2, -0.15) is 13.2 Å². The van der Waals surface area contributed by atoms with Gasteiger partial charge in [-0.25, -0.2) is 4.98 Å². The molecule has 114 valence electrons. The normalized spacial score (nSPS) is 11.4. The SMILES string of the molecule is CCCNc1nc(N)c(C(=O)NCCSC(F)(F)F)s1. The summed E-state index contributed by atoms with van der Waals surface area (Å²) in [5, 5.41) is 5.90. The highest BCUT2D eigenvalue weighted by Gasteiger charge is 2.27. The molecule has 0 radical (unpaired) electrons. The number of nitrogen functional groups attached to an aromatic ring is 1. The lowest BCUT2D eigenvalue weighted by Gasteiger charge is -2.06. The Bertz CT molecular complexity index is 450. The number of thioether (sulfide) groups is 1. The van der Waals surface area contributed by atoms with Crippen LogP contribution in [0, 0.1) is 0 Å². The number of nitrogens with zero attached hydrogens (tertiary/aromatic N) is 1. The van der Waals surface area contributed by atoms with E-state index in [1.54, 1.807) is 0 Å². The van der Waals surface area contributed by atoms with Gasteiger partial charge in [-0.05, 0) is 18.2 Å². The molecule has 10 heteroatoms. The lowest BCUT2D eigenvalue weighted by Crippen LogP contribution is -2.26. The summed E-state index contributed by atoms with van der Waals surface area (Å²) in [7, 11) is 0. The number of alkyl halides is 3. The maximum absolute atomic E-state index is 11.9. The summed E-state index contributed by atoms with van der Waals surface area (Å²) >= 11 is 0.904. The molecule has 0 aliphatic heterocycles. The summed E-state index contributed by atoms with van der Waals surface area (Å²) in [6.07, 6.45) is 0.898. The molecule has 1 amide bonds. The first-order chi connectivity index (χ1) is 9.33. The second-order valence-electron chi connectivity index (χ2n) is 3.71. The molecule has 0 saturated carbocycles. The number of aromatic nitrogens is 1. The zero-order valence-electron chi connectivity index (χ0n) is 10.7. The molecular formula is C10H15F3N4OS2. The number of amides is 1. The van der Waals surface area contributed by atoms with Gasteiger partial charge in [0.05, 0.1) is 0 Å². The zero-order valence-corrected chi connectivity index (χ0v) is 12.3. The van der Waals surface area contributed by atoms with Gasteiger partial charge in [0.25, 0.3) is 5.91 Å². The summed E-state index contributed by atoms with van der Waals surface area (Å²) in [4.78, 5) is 15.9. The van der Waals surface area contributed by atoms with E-state index >= 15 is 0 Å². The van der Waals surface area contributed by atoms with E-state index in [9.17, 15) is 18.0 Å². The van der Waals surface area contributed by atoms with Crippen molar-refractivity contribution in [2.75, 3.05) is 29.9 Å². The molecule has 1 aromatic rings. The lowest BCUT2D eigenvalue weighted by molar-refractivity contribution is -0.0327. The Morgan fingerprint density at radius 2 is 2.15 bits per heavy atom. The van der Waals surface area contributed by atoms with Crippen LogP contribution in [0.15, 0.2) is 0 Å². The van der Waals surface area contributed by atoms with E-state index in [1.165, 1.54) is 0 Å². The number of nitrogens with one attached hydrogen (secondary N) is 2. The summed E-state index contributed by atoms with van der Waals surface area (Å²) < 4.78 is 35.7. The van der Waals surface area contributed by atoms with Gasteiger partial charge in [0.15, 0.2) is 5.13 Å². The van der Waals surface area contributed by atoms with Gasteiger partial charge in [0.2, 0.25) is 0 Å². The first-order valence-electron chi connectivity index (χ1n) is 5.82. The molecule has 0 fully saturated rings. The van der Waals surface area contributed by atoms with Crippen LogP contribution >= 0.6 is 23.1 Å². The number of rotatable bonds is 7. The van der Waals surface area contributed by atoms with Gasteiger partial charge < -0.3 is 16.4 Å². The average Bonchev–Trinajstić information content (AvgIpc) is 2.72. The van der Waals surface area contributed by atoms with E-state index in [-0.39, 0.29) is 34.8 Å².